The van der Waals surface area contributed by atoms with Crippen molar-refractivity contribution in [1.82, 2.24) is 14.5 Å². The first-order chi connectivity index (χ1) is 15.2. The number of fused-ring (bicyclic) bond motifs is 3. The van der Waals surface area contributed by atoms with Gasteiger partial charge in [0.05, 0.1) is 25.3 Å². The van der Waals surface area contributed by atoms with E-state index in [4.69, 9.17) is 4.74 Å². The molecule has 2 unspecified atom stereocenters. The summed E-state index contributed by atoms with van der Waals surface area (Å²) in [5.41, 5.74) is 0.477. The Hall–Kier alpha value is -2.95. The van der Waals surface area contributed by atoms with Crippen LogP contribution in [0.5, 0.6) is 0 Å². The van der Waals surface area contributed by atoms with E-state index in [1.165, 1.54) is 22.9 Å². The normalized spacial score (nSPS) is 24.7. The highest BCUT2D eigenvalue weighted by molar-refractivity contribution is 5.99. The lowest BCUT2D eigenvalue weighted by atomic mass is 10.1. The second-order valence-electron chi connectivity index (χ2n) is 8.49. The van der Waals surface area contributed by atoms with E-state index >= 15 is 0 Å². The van der Waals surface area contributed by atoms with Crippen molar-refractivity contribution >= 4 is 17.5 Å². The van der Waals surface area contributed by atoms with Crippen molar-refractivity contribution in [2.24, 2.45) is 0 Å². The lowest BCUT2D eigenvalue weighted by molar-refractivity contribution is -0.152. The highest BCUT2D eigenvalue weighted by Crippen LogP contribution is 2.36. The molecule has 2 bridgehead atoms. The van der Waals surface area contributed by atoms with Crippen molar-refractivity contribution in [1.29, 1.82) is 0 Å². The Morgan fingerprint density at radius 2 is 2.12 bits per heavy atom. The van der Waals surface area contributed by atoms with Gasteiger partial charge in [0.15, 0.2) is 5.78 Å². The molecule has 3 aliphatic rings. The van der Waals surface area contributed by atoms with Crippen LogP contribution in [0.2, 0.25) is 0 Å². The number of pyridine rings is 1. The zero-order valence-electron chi connectivity index (χ0n) is 17.4. The van der Waals surface area contributed by atoms with Gasteiger partial charge in [-0.15, -0.1) is 0 Å². The largest absolute Gasteiger partial charge is 0.408 e. The van der Waals surface area contributed by atoms with E-state index in [9.17, 15) is 22.8 Å². The minimum absolute atomic E-state index is 0.0372. The van der Waals surface area contributed by atoms with Gasteiger partial charge >= 0.3 is 6.18 Å². The minimum Gasteiger partial charge on any atom is -0.374 e. The number of Topliss-reactive ketones (excluding diaryl/α,β-unsaturated/α-hetero) is 1. The predicted molar refractivity (Wildman–Crippen MR) is 109 cm³/mol. The lowest BCUT2D eigenvalue weighted by Crippen LogP contribution is -2.54. The number of morpholine rings is 1. The quantitative estimate of drug-likeness (QED) is 0.660. The molecule has 2 saturated heterocycles. The number of carbonyl (C=O) groups is 1. The van der Waals surface area contributed by atoms with Gasteiger partial charge in [-0.1, -0.05) is 0 Å². The third-order valence-electron chi connectivity index (χ3n) is 6.35. The molecular formula is C21H22F3N5O3. The van der Waals surface area contributed by atoms with E-state index in [0.29, 0.717) is 24.7 Å². The number of hydrogen-bond donors (Lipinski definition) is 0. The van der Waals surface area contributed by atoms with Gasteiger partial charge in [-0.05, 0) is 31.9 Å². The number of aryl methyl sites for hydroxylation is 1. The summed E-state index contributed by atoms with van der Waals surface area (Å²) in [6.45, 7) is 2.12. The van der Waals surface area contributed by atoms with Gasteiger partial charge in [0.25, 0.3) is 5.56 Å². The monoisotopic (exact) mass is 449 g/mol. The Kier molecular flexibility index (Phi) is 4.95. The second-order valence-corrected chi connectivity index (χ2v) is 8.49. The van der Waals surface area contributed by atoms with Crippen LogP contribution in [0.4, 0.5) is 24.9 Å². The Labute approximate surface area is 181 Å². The van der Waals surface area contributed by atoms with Crippen molar-refractivity contribution in [3.05, 3.63) is 46.0 Å². The molecule has 32 heavy (non-hydrogen) atoms. The van der Waals surface area contributed by atoms with Crippen molar-refractivity contribution in [2.75, 3.05) is 29.5 Å². The fourth-order valence-corrected chi connectivity index (χ4v) is 4.69. The first-order valence-electron chi connectivity index (χ1n) is 10.5. The van der Waals surface area contributed by atoms with Gasteiger partial charge in [-0.3, -0.25) is 19.1 Å². The summed E-state index contributed by atoms with van der Waals surface area (Å²) in [6, 6.07) is 2.66. The Morgan fingerprint density at radius 3 is 2.75 bits per heavy atom. The van der Waals surface area contributed by atoms with Crippen molar-refractivity contribution in [2.45, 2.75) is 50.7 Å². The molecule has 170 valence electrons. The topological polar surface area (TPSA) is 80.6 Å². The molecule has 3 atom stereocenters. The fourth-order valence-electron chi connectivity index (χ4n) is 4.69. The van der Waals surface area contributed by atoms with Crippen LogP contribution < -0.4 is 15.4 Å². The SMILES string of the molecule is Cc1ccc(C(=O)CN2c3nc(N4CC5CC4CO5)cc(=O)n3CC[C@H]2C(F)(F)F)cn1. The lowest BCUT2D eigenvalue weighted by Gasteiger charge is -2.39. The van der Waals surface area contributed by atoms with Crippen LogP contribution in [0.25, 0.3) is 0 Å². The van der Waals surface area contributed by atoms with Crippen LogP contribution in [-0.4, -0.2) is 64.4 Å². The highest BCUT2D eigenvalue weighted by Gasteiger charge is 2.48. The number of anilines is 2. The maximum Gasteiger partial charge on any atom is 0.408 e. The number of ketones is 1. The van der Waals surface area contributed by atoms with E-state index in [0.717, 1.165) is 11.3 Å². The van der Waals surface area contributed by atoms with E-state index in [-0.39, 0.29) is 36.6 Å². The maximum absolute atomic E-state index is 13.9. The molecule has 11 heteroatoms. The molecule has 0 radical (unpaired) electrons. The molecular weight excluding hydrogens is 427 g/mol. The molecule has 3 aliphatic heterocycles. The third-order valence-corrected chi connectivity index (χ3v) is 6.35. The van der Waals surface area contributed by atoms with Crippen LogP contribution in [0, 0.1) is 6.92 Å². The molecule has 0 spiro atoms. The van der Waals surface area contributed by atoms with Crippen molar-refractivity contribution < 1.29 is 22.7 Å². The van der Waals surface area contributed by atoms with E-state index in [2.05, 4.69) is 9.97 Å². The van der Waals surface area contributed by atoms with Gasteiger partial charge in [0.2, 0.25) is 5.95 Å². The summed E-state index contributed by atoms with van der Waals surface area (Å²) in [5, 5.41) is 0. The first-order valence-corrected chi connectivity index (χ1v) is 10.5. The minimum atomic E-state index is -4.58. The van der Waals surface area contributed by atoms with Gasteiger partial charge < -0.3 is 14.5 Å². The second kappa shape index (κ2) is 7.58. The van der Waals surface area contributed by atoms with Crippen LogP contribution in [0.15, 0.2) is 29.2 Å². The zero-order valence-corrected chi connectivity index (χ0v) is 17.4. The van der Waals surface area contributed by atoms with Gasteiger partial charge in [0.1, 0.15) is 11.9 Å². The average molecular weight is 449 g/mol. The molecule has 0 aromatic carbocycles. The fraction of sp³-hybridized carbons (Fsp3) is 0.524. The van der Waals surface area contributed by atoms with Crippen molar-refractivity contribution in [3.8, 4) is 0 Å². The number of halogens is 3. The zero-order chi connectivity index (χ0) is 22.6. The van der Waals surface area contributed by atoms with Gasteiger partial charge in [-0.2, -0.15) is 18.2 Å². The Balaban J connectivity index is 1.53. The predicted octanol–water partition coefficient (Wildman–Crippen LogP) is 1.95. The number of nitrogens with zero attached hydrogens (tertiary/aromatic N) is 5. The molecule has 2 aromatic heterocycles. The summed E-state index contributed by atoms with van der Waals surface area (Å²) in [5.74, 6) is -0.319. The standard InChI is InChI=1S/C21H22F3N5O3/c1-12-2-3-13(8-25-12)16(30)10-29-17(21(22,23)24)4-5-27-19(31)7-18(26-20(27)29)28-9-15-6-14(28)11-32-15/h2-3,7-8,14-15,17H,4-6,9-11H2,1H3/t14?,15?,17-/m0/s1. The Bertz CT molecular complexity index is 1100. The summed E-state index contributed by atoms with van der Waals surface area (Å²) in [4.78, 5) is 37.0. The van der Waals surface area contributed by atoms with Gasteiger partial charge in [0, 0.05) is 36.6 Å². The molecule has 0 amide bonds. The Morgan fingerprint density at radius 1 is 1.31 bits per heavy atom. The summed E-state index contributed by atoms with van der Waals surface area (Å²) < 4.78 is 48.5. The number of aromatic nitrogens is 3. The molecule has 5 rings (SSSR count). The number of ether oxygens (including phenoxy) is 1. The average Bonchev–Trinajstić information content (AvgIpc) is 3.37. The molecule has 0 aliphatic carbocycles. The third kappa shape index (κ3) is 3.64. The smallest absolute Gasteiger partial charge is 0.374 e. The molecule has 2 fully saturated rings. The van der Waals surface area contributed by atoms with E-state index in [1.54, 1.807) is 13.0 Å². The molecule has 0 saturated carbocycles. The first kappa shape index (κ1) is 20.9. The molecule has 8 nitrogen and oxygen atoms in total. The molecule has 0 N–H and O–H groups in total. The van der Waals surface area contributed by atoms with Crippen molar-refractivity contribution in [3.63, 3.8) is 0 Å². The number of rotatable bonds is 4. The summed E-state index contributed by atoms with van der Waals surface area (Å²) >= 11 is 0. The maximum atomic E-state index is 13.9. The van der Waals surface area contributed by atoms with E-state index in [1.807, 2.05) is 4.90 Å². The van der Waals surface area contributed by atoms with E-state index < -0.39 is 30.1 Å². The summed E-state index contributed by atoms with van der Waals surface area (Å²) in [6.07, 6.45) is -2.73. The van der Waals surface area contributed by atoms with Crippen LogP contribution in [0.1, 0.15) is 28.9 Å². The molecule has 2 aromatic rings. The molecule has 5 heterocycles. The van der Waals surface area contributed by atoms with Gasteiger partial charge in [-0.25, -0.2) is 0 Å². The van der Waals surface area contributed by atoms with Crippen LogP contribution >= 0.6 is 0 Å². The highest BCUT2D eigenvalue weighted by atomic mass is 19.4. The number of carbonyl (C=O) groups excluding carboxylic acids is 1. The van der Waals surface area contributed by atoms with Crippen LogP contribution in [0.3, 0.4) is 0 Å². The summed E-state index contributed by atoms with van der Waals surface area (Å²) in [7, 11) is 0. The number of alkyl halides is 3. The number of hydrogen-bond acceptors (Lipinski definition) is 7. The van der Waals surface area contributed by atoms with Crippen LogP contribution in [-0.2, 0) is 11.3 Å².